The third-order valence-electron chi connectivity index (χ3n) is 3.18. The molecule has 0 bridgehead atoms. The third-order valence-corrected chi connectivity index (χ3v) is 3.18. The van der Waals surface area contributed by atoms with Gasteiger partial charge in [-0.2, -0.15) is 0 Å². The number of ether oxygens (including phenoxy) is 2. The van der Waals surface area contributed by atoms with Gasteiger partial charge in [0.1, 0.15) is 0 Å². The lowest BCUT2D eigenvalue weighted by atomic mass is 9.84. The van der Waals surface area contributed by atoms with E-state index in [1.165, 1.54) is 0 Å². The number of nitrogens with one attached hydrogen (secondary N) is 1. The summed E-state index contributed by atoms with van der Waals surface area (Å²) in [6.45, 7) is 1.40. The molecule has 1 saturated heterocycles. The smallest absolute Gasteiger partial charge is 0.222 e. The fourth-order valence-corrected chi connectivity index (χ4v) is 2.31. The van der Waals surface area contributed by atoms with Crippen LogP contribution in [0.5, 0.6) is 0 Å². The maximum Gasteiger partial charge on any atom is 0.222 e. The monoisotopic (exact) mass is 199 g/mol. The molecule has 1 aliphatic heterocycles. The first-order valence-electron chi connectivity index (χ1n) is 5.25. The van der Waals surface area contributed by atoms with E-state index in [-0.39, 0.29) is 17.6 Å². The minimum Gasteiger partial charge on any atom is -0.359 e. The number of rotatable bonds is 1. The van der Waals surface area contributed by atoms with E-state index in [0.29, 0.717) is 13.2 Å². The van der Waals surface area contributed by atoms with Gasteiger partial charge >= 0.3 is 0 Å². The topological polar surface area (TPSA) is 47.6 Å². The number of hydrogen-bond donors (Lipinski definition) is 1. The molecule has 0 aromatic rings. The van der Waals surface area contributed by atoms with Crippen LogP contribution in [0.2, 0.25) is 0 Å². The second-order valence-corrected chi connectivity index (χ2v) is 4.00. The summed E-state index contributed by atoms with van der Waals surface area (Å²) < 4.78 is 11.2. The number of carbonyl (C=O) groups is 1. The summed E-state index contributed by atoms with van der Waals surface area (Å²) in [6, 6.07) is 0. The van der Waals surface area contributed by atoms with Crippen LogP contribution in [0, 0.1) is 5.92 Å². The summed E-state index contributed by atoms with van der Waals surface area (Å²) in [6.07, 6.45) is 3.45. The fraction of sp³-hybridized carbons (Fsp3) is 0.900. The van der Waals surface area contributed by atoms with Gasteiger partial charge in [-0.25, -0.2) is 0 Å². The van der Waals surface area contributed by atoms with Gasteiger partial charge in [-0.15, -0.1) is 0 Å². The van der Waals surface area contributed by atoms with Crippen LogP contribution in [-0.2, 0) is 14.3 Å². The van der Waals surface area contributed by atoms with Gasteiger partial charge < -0.3 is 14.8 Å². The van der Waals surface area contributed by atoms with Crippen molar-refractivity contribution in [3.8, 4) is 0 Å². The molecule has 2 aliphatic rings. The van der Waals surface area contributed by atoms with Gasteiger partial charge in [0.15, 0.2) is 5.79 Å². The molecule has 1 N–H and O–H groups in total. The summed E-state index contributed by atoms with van der Waals surface area (Å²) >= 11 is 0. The second kappa shape index (κ2) is 3.87. The van der Waals surface area contributed by atoms with Crippen molar-refractivity contribution in [2.24, 2.45) is 5.92 Å². The van der Waals surface area contributed by atoms with E-state index in [1.54, 1.807) is 7.05 Å². The predicted octanol–water partition coefficient (Wildman–Crippen LogP) is 0.666. The minimum atomic E-state index is -0.343. The molecule has 14 heavy (non-hydrogen) atoms. The molecule has 2 fully saturated rings. The van der Waals surface area contributed by atoms with Crippen LogP contribution in [0.25, 0.3) is 0 Å². The molecule has 1 amide bonds. The molecule has 4 heteroatoms. The summed E-state index contributed by atoms with van der Waals surface area (Å²) in [7, 11) is 1.69. The van der Waals surface area contributed by atoms with Crippen LogP contribution < -0.4 is 5.32 Å². The van der Waals surface area contributed by atoms with Crippen molar-refractivity contribution in [1.82, 2.24) is 5.32 Å². The van der Waals surface area contributed by atoms with Crippen molar-refractivity contribution < 1.29 is 14.3 Å². The molecule has 80 valence electrons. The van der Waals surface area contributed by atoms with E-state index in [1.807, 2.05) is 0 Å². The molecule has 4 nitrogen and oxygen atoms in total. The summed E-state index contributed by atoms with van der Waals surface area (Å²) in [5.74, 6) is -0.0406. The van der Waals surface area contributed by atoms with Crippen molar-refractivity contribution >= 4 is 5.91 Å². The molecule has 0 aromatic carbocycles. The Morgan fingerprint density at radius 3 is 2.36 bits per heavy atom. The lowest BCUT2D eigenvalue weighted by Gasteiger charge is -2.34. The van der Waals surface area contributed by atoms with Gasteiger partial charge in [-0.05, 0) is 12.8 Å². The molecule has 0 unspecified atom stereocenters. The average Bonchev–Trinajstić information content (AvgIpc) is 2.67. The van der Waals surface area contributed by atoms with E-state index in [9.17, 15) is 4.79 Å². The van der Waals surface area contributed by atoms with Crippen molar-refractivity contribution in [2.45, 2.75) is 31.5 Å². The first kappa shape index (κ1) is 9.93. The zero-order chi connectivity index (χ0) is 10.0. The lowest BCUT2D eigenvalue weighted by molar-refractivity contribution is -0.183. The fourth-order valence-electron chi connectivity index (χ4n) is 2.31. The molecule has 2 rings (SSSR count). The quantitative estimate of drug-likeness (QED) is 0.675. The van der Waals surface area contributed by atoms with Crippen LogP contribution >= 0.6 is 0 Å². The van der Waals surface area contributed by atoms with Gasteiger partial charge in [0.05, 0.1) is 13.2 Å². The number of amides is 1. The Morgan fingerprint density at radius 1 is 1.29 bits per heavy atom. The third kappa shape index (κ3) is 1.77. The Bertz CT molecular complexity index is 213. The van der Waals surface area contributed by atoms with Gasteiger partial charge in [-0.1, -0.05) is 0 Å². The van der Waals surface area contributed by atoms with Gasteiger partial charge in [0.2, 0.25) is 5.91 Å². The minimum absolute atomic E-state index is 0.151. The molecule has 1 spiro atoms. The molecule has 1 aliphatic carbocycles. The molecular formula is C10H17NO3. The molecular weight excluding hydrogens is 182 g/mol. The molecule has 0 radical (unpaired) electrons. The SMILES string of the molecule is CNC(=O)C1CCC2(CC1)OCCO2. The number of carbonyl (C=O) groups excluding carboxylic acids is 1. The summed E-state index contributed by atoms with van der Waals surface area (Å²) in [4.78, 5) is 11.4. The lowest BCUT2D eigenvalue weighted by Crippen LogP contribution is -2.39. The van der Waals surface area contributed by atoms with Crippen LogP contribution in [0.15, 0.2) is 0 Å². The van der Waals surface area contributed by atoms with Crippen LogP contribution in [0.3, 0.4) is 0 Å². The Balaban J connectivity index is 1.88. The summed E-state index contributed by atoms with van der Waals surface area (Å²) in [5, 5.41) is 2.69. The highest BCUT2D eigenvalue weighted by atomic mass is 16.7. The zero-order valence-electron chi connectivity index (χ0n) is 8.54. The van der Waals surface area contributed by atoms with Gasteiger partial charge in [0, 0.05) is 25.8 Å². The van der Waals surface area contributed by atoms with E-state index in [0.717, 1.165) is 25.7 Å². The Kier molecular flexibility index (Phi) is 2.74. The summed E-state index contributed by atoms with van der Waals surface area (Å²) in [5.41, 5.74) is 0. The van der Waals surface area contributed by atoms with Crippen LogP contribution in [-0.4, -0.2) is 32.0 Å². The van der Waals surface area contributed by atoms with Crippen molar-refractivity contribution in [3.63, 3.8) is 0 Å². The standard InChI is InChI=1S/C10H17NO3/c1-11-9(12)8-2-4-10(5-3-8)13-6-7-14-10/h8H,2-7H2,1H3,(H,11,12). The van der Waals surface area contributed by atoms with Crippen molar-refractivity contribution in [1.29, 1.82) is 0 Å². The van der Waals surface area contributed by atoms with Crippen molar-refractivity contribution in [2.75, 3.05) is 20.3 Å². The number of hydrogen-bond acceptors (Lipinski definition) is 3. The van der Waals surface area contributed by atoms with E-state index in [2.05, 4.69) is 5.32 Å². The Morgan fingerprint density at radius 2 is 1.86 bits per heavy atom. The Labute approximate surface area is 84.0 Å². The zero-order valence-corrected chi connectivity index (χ0v) is 8.54. The predicted molar refractivity (Wildman–Crippen MR) is 50.7 cm³/mol. The van der Waals surface area contributed by atoms with Crippen LogP contribution in [0.4, 0.5) is 0 Å². The van der Waals surface area contributed by atoms with E-state index in [4.69, 9.17) is 9.47 Å². The second-order valence-electron chi connectivity index (χ2n) is 4.00. The first-order valence-corrected chi connectivity index (χ1v) is 5.25. The van der Waals surface area contributed by atoms with Gasteiger partial charge in [-0.3, -0.25) is 4.79 Å². The molecule has 1 saturated carbocycles. The highest BCUT2D eigenvalue weighted by molar-refractivity contribution is 5.78. The highest BCUT2D eigenvalue weighted by Gasteiger charge is 2.41. The molecule has 0 aromatic heterocycles. The van der Waals surface area contributed by atoms with E-state index < -0.39 is 0 Å². The maximum atomic E-state index is 11.4. The van der Waals surface area contributed by atoms with Crippen molar-refractivity contribution in [3.05, 3.63) is 0 Å². The highest BCUT2D eigenvalue weighted by Crippen LogP contribution is 2.38. The largest absolute Gasteiger partial charge is 0.359 e. The molecule has 0 atom stereocenters. The Hall–Kier alpha value is -0.610. The van der Waals surface area contributed by atoms with Gasteiger partial charge in [0.25, 0.3) is 0 Å². The molecule has 1 heterocycles. The average molecular weight is 199 g/mol. The maximum absolute atomic E-state index is 11.4. The first-order chi connectivity index (χ1) is 6.76. The van der Waals surface area contributed by atoms with Crippen LogP contribution in [0.1, 0.15) is 25.7 Å². The normalized spacial score (nSPS) is 26.6. The van der Waals surface area contributed by atoms with E-state index >= 15 is 0 Å².